The molecule has 0 bridgehead atoms. The topological polar surface area (TPSA) is 72.4 Å². The summed E-state index contributed by atoms with van der Waals surface area (Å²) in [6, 6.07) is 4.54. The van der Waals surface area contributed by atoms with Crippen LogP contribution in [0.2, 0.25) is 0 Å². The smallest absolute Gasteiger partial charge is 0.125 e. The van der Waals surface area contributed by atoms with Gasteiger partial charge in [0, 0.05) is 26.1 Å². The molecule has 1 aromatic carbocycles. The first-order valence-corrected chi connectivity index (χ1v) is 7.28. The van der Waals surface area contributed by atoms with Crippen molar-refractivity contribution in [2.45, 2.75) is 24.9 Å². The van der Waals surface area contributed by atoms with E-state index in [4.69, 9.17) is 5.11 Å². The van der Waals surface area contributed by atoms with E-state index < -0.39 is 5.60 Å². The predicted molar refractivity (Wildman–Crippen MR) is 77.5 cm³/mol. The van der Waals surface area contributed by atoms with Crippen LogP contribution in [0.4, 0.5) is 4.39 Å². The number of imidazole rings is 1. The van der Waals surface area contributed by atoms with E-state index in [0.717, 1.165) is 42.9 Å². The molecule has 0 saturated carbocycles. The molecule has 1 aliphatic rings. The molecular weight excluding hydrogens is 273 g/mol. The quantitative estimate of drug-likeness (QED) is 0.788. The van der Waals surface area contributed by atoms with Gasteiger partial charge in [-0.25, -0.2) is 9.37 Å². The van der Waals surface area contributed by atoms with Gasteiger partial charge in [-0.2, -0.15) is 0 Å². The maximum absolute atomic E-state index is 13.1. The van der Waals surface area contributed by atoms with Crippen molar-refractivity contribution in [1.29, 1.82) is 0 Å². The molecule has 0 spiro atoms. The lowest BCUT2D eigenvalue weighted by atomic mass is 9.92. The minimum Gasteiger partial charge on any atom is -0.393 e. The molecule has 5 nitrogen and oxygen atoms in total. The van der Waals surface area contributed by atoms with Gasteiger partial charge in [0.1, 0.15) is 11.6 Å². The second-order valence-electron chi connectivity index (χ2n) is 5.82. The van der Waals surface area contributed by atoms with Crippen LogP contribution in [0.15, 0.2) is 18.2 Å². The van der Waals surface area contributed by atoms with Crippen LogP contribution in [0.1, 0.15) is 18.7 Å². The molecule has 0 atom stereocenters. The molecule has 114 valence electrons. The molecule has 0 aliphatic carbocycles. The molecule has 1 fully saturated rings. The van der Waals surface area contributed by atoms with Gasteiger partial charge in [0.15, 0.2) is 0 Å². The first kappa shape index (κ1) is 14.4. The van der Waals surface area contributed by atoms with Crippen LogP contribution < -0.4 is 0 Å². The Labute approximate surface area is 122 Å². The summed E-state index contributed by atoms with van der Waals surface area (Å²) < 4.78 is 13.1. The van der Waals surface area contributed by atoms with E-state index in [1.807, 2.05) is 0 Å². The van der Waals surface area contributed by atoms with Crippen LogP contribution in [0.25, 0.3) is 11.0 Å². The van der Waals surface area contributed by atoms with Crippen LogP contribution >= 0.6 is 0 Å². The fourth-order valence-corrected chi connectivity index (χ4v) is 2.77. The average Bonchev–Trinajstić information content (AvgIpc) is 2.89. The second kappa shape index (κ2) is 5.71. The van der Waals surface area contributed by atoms with Gasteiger partial charge in [-0.1, -0.05) is 0 Å². The minimum absolute atomic E-state index is 0.171. The van der Waals surface area contributed by atoms with Gasteiger partial charge in [-0.3, -0.25) is 0 Å². The lowest BCUT2D eigenvalue weighted by Gasteiger charge is -2.36. The summed E-state index contributed by atoms with van der Waals surface area (Å²) in [6.45, 7) is 2.21. The third-order valence-corrected chi connectivity index (χ3v) is 4.24. The van der Waals surface area contributed by atoms with Crippen molar-refractivity contribution in [2.24, 2.45) is 0 Å². The Morgan fingerprint density at radius 2 is 2.10 bits per heavy atom. The zero-order valence-electron chi connectivity index (χ0n) is 11.8. The molecule has 0 amide bonds. The van der Waals surface area contributed by atoms with Gasteiger partial charge in [-0.15, -0.1) is 0 Å². The van der Waals surface area contributed by atoms with Crippen molar-refractivity contribution >= 4 is 11.0 Å². The van der Waals surface area contributed by atoms with Crippen molar-refractivity contribution < 1.29 is 14.6 Å². The first-order valence-electron chi connectivity index (χ1n) is 7.28. The maximum Gasteiger partial charge on any atom is 0.125 e. The van der Waals surface area contributed by atoms with Gasteiger partial charge in [0.2, 0.25) is 0 Å². The van der Waals surface area contributed by atoms with Crippen molar-refractivity contribution in [3.05, 3.63) is 29.8 Å². The number of rotatable bonds is 4. The largest absolute Gasteiger partial charge is 0.393 e. The number of nitrogens with one attached hydrogen (secondary N) is 1. The Kier molecular flexibility index (Phi) is 3.93. The van der Waals surface area contributed by atoms with Crippen LogP contribution in [0, 0.1) is 5.82 Å². The summed E-state index contributed by atoms with van der Waals surface area (Å²) in [5.41, 5.74) is 0.589. The van der Waals surface area contributed by atoms with E-state index in [1.54, 1.807) is 6.07 Å². The molecule has 1 saturated heterocycles. The van der Waals surface area contributed by atoms with E-state index in [-0.39, 0.29) is 12.4 Å². The van der Waals surface area contributed by atoms with Crippen molar-refractivity contribution in [2.75, 3.05) is 26.2 Å². The highest BCUT2D eigenvalue weighted by Crippen LogP contribution is 2.21. The summed E-state index contributed by atoms with van der Waals surface area (Å²) in [4.78, 5) is 9.83. The van der Waals surface area contributed by atoms with Crippen LogP contribution in [0.3, 0.4) is 0 Å². The highest BCUT2D eigenvalue weighted by molar-refractivity contribution is 5.74. The van der Waals surface area contributed by atoms with E-state index in [9.17, 15) is 9.50 Å². The second-order valence-corrected chi connectivity index (χ2v) is 5.82. The third kappa shape index (κ3) is 3.23. The summed E-state index contributed by atoms with van der Waals surface area (Å²) in [6.07, 6.45) is 1.94. The Hall–Kier alpha value is -1.50. The zero-order valence-corrected chi connectivity index (χ0v) is 11.8. The fourth-order valence-electron chi connectivity index (χ4n) is 2.77. The Balaban J connectivity index is 1.57. The van der Waals surface area contributed by atoms with Crippen molar-refractivity contribution in [3.63, 3.8) is 0 Å². The minimum atomic E-state index is -0.909. The van der Waals surface area contributed by atoms with Crippen LogP contribution in [-0.2, 0) is 6.42 Å². The predicted octanol–water partition coefficient (Wildman–Crippen LogP) is 1.06. The Bertz CT molecular complexity index is 620. The zero-order chi connectivity index (χ0) is 14.9. The highest BCUT2D eigenvalue weighted by Gasteiger charge is 2.31. The lowest BCUT2D eigenvalue weighted by Crippen LogP contribution is -2.47. The molecule has 3 N–H and O–H groups in total. The number of fused-ring (bicyclic) bond motifs is 1. The number of H-pyrrole nitrogens is 1. The molecular formula is C15H20FN3O2. The van der Waals surface area contributed by atoms with E-state index in [1.165, 1.54) is 12.1 Å². The Morgan fingerprint density at radius 3 is 2.81 bits per heavy atom. The molecule has 1 aromatic heterocycles. The van der Waals surface area contributed by atoms with Gasteiger partial charge >= 0.3 is 0 Å². The first-order chi connectivity index (χ1) is 10.1. The third-order valence-electron chi connectivity index (χ3n) is 4.24. The molecule has 0 radical (unpaired) electrons. The van der Waals surface area contributed by atoms with Crippen LogP contribution in [0.5, 0.6) is 0 Å². The van der Waals surface area contributed by atoms with E-state index >= 15 is 0 Å². The normalized spacial score (nSPS) is 19.2. The molecule has 2 aromatic rings. The van der Waals surface area contributed by atoms with Gasteiger partial charge in [0.05, 0.1) is 23.2 Å². The highest BCUT2D eigenvalue weighted by atomic mass is 19.1. The molecule has 2 heterocycles. The average molecular weight is 293 g/mol. The number of hydrogen-bond acceptors (Lipinski definition) is 4. The maximum atomic E-state index is 13.1. The van der Waals surface area contributed by atoms with Crippen LogP contribution in [-0.4, -0.2) is 56.9 Å². The summed E-state index contributed by atoms with van der Waals surface area (Å²) >= 11 is 0. The van der Waals surface area contributed by atoms with Gasteiger partial charge in [0.25, 0.3) is 0 Å². The fraction of sp³-hybridized carbons (Fsp3) is 0.533. The standard InChI is InChI=1S/C15H20FN3O2/c16-11-1-2-12-13(9-11)18-14(17-12)3-6-19-7-4-15(21,10-20)5-8-19/h1-2,9,20-21H,3-8,10H2,(H,17,18). The Morgan fingerprint density at radius 1 is 1.33 bits per heavy atom. The number of aliphatic hydroxyl groups is 2. The number of aromatic nitrogens is 2. The molecule has 3 rings (SSSR count). The summed E-state index contributed by atoms with van der Waals surface area (Å²) in [7, 11) is 0. The van der Waals surface area contributed by atoms with Crippen molar-refractivity contribution in [3.8, 4) is 0 Å². The molecule has 0 unspecified atom stereocenters. The number of hydrogen-bond donors (Lipinski definition) is 3. The number of aliphatic hydroxyl groups excluding tert-OH is 1. The number of benzene rings is 1. The SMILES string of the molecule is OCC1(O)CCN(CCc2nc3ccc(F)cc3[nH]2)CC1. The van der Waals surface area contributed by atoms with Gasteiger partial charge in [-0.05, 0) is 31.0 Å². The number of halogens is 1. The molecule has 21 heavy (non-hydrogen) atoms. The van der Waals surface area contributed by atoms with E-state index in [2.05, 4.69) is 14.9 Å². The van der Waals surface area contributed by atoms with Crippen molar-refractivity contribution in [1.82, 2.24) is 14.9 Å². The van der Waals surface area contributed by atoms with Gasteiger partial charge < -0.3 is 20.1 Å². The van der Waals surface area contributed by atoms with E-state index in [0.29, 0.717) is 12.8 Å². The number of nitrogens with zero attached hydrogens (tertiary/aromatic N) is 2. The lowest BCUT2D eigenvalue weighted by molar-refractivity contribution is -0.0591. The summed E-state index contributed by atoms with van der Waals surface area (Å²) in [5.74, 6) is 0.579. The number of aromatic amines is 1. The number of piperidine rings is 1. The monoisotopic (exact) mass is 293 g/mol. The molecule has 1 aliphatic heterocycles. The number of likely N-dealkylation sites (tertiary alicyclic amines) is 1. The molecule has 6 heteroatoms. The summed E-state index contributed by atoms with van der Waals surface area (Å²) in [5, 5.41) is 19.1.